The fourth-order valence-electron chi connectivity index (χ4n) is 2.63. The average molecular weight is 247 g/mol. The number of aryl methyl sites for hydroxylation is 2. The molecule has 0 spiro atoms. The lowest BCUT2D eigenvalue weighted by Gasteiger charge is -2.28. The zero-order valence-electron chi connectivity index (χ0n) is 11.1. The molecule has 0 aliphatic heterocycles. The van der Waals surface area contributed by atoms with E-state index in [-0.39, 0.29) is 12.5 Å². The minimum absolute atomic E-state index is 0.222. The van der Waals surface area contributed by atoms with Crippen molar-refractivity contribution in [3.63, 3.8) is 0 Å². The first-order valence-corrected chi connectivity index (χ1v) is 6.49. The van der Waals surface area contributed by atoms with Crippen LogP contribution in [0.5, 0.6) is 0 Å². The summed E-state index contributed by atoms with van der Waals surface area (Å²) in [5, 5.41) is 9.54. The third-order valence-electron chi connectivity index (χ3n) is 4.24. The van der Waals surface area contributed by atoms with E-state index in [1.165, 1.54) is 11.1 Å². The number of hydrogen-bond acceptors (Lipinski definition) is 2. The Balaban J connectivity index is 2.28. The Bertz CT molecular complexity index is 466. The third-order valence-corrected chi connectivity index (χ3v) is 4.24. The number of aliphatic carboxylic acids is 1. The minimum Gasteiger partial charge on any atom is -0.481 e. The van der Waals surface area contributed by atoms with Crippen LogP contribution in [0.4, 0.5) is 0 Å². The molecule has 0 bridgehead atoms. The molecule has 2 rings (SSSR count). The van der Waals surface area contributed by atoms with Crippen LogP contribution in [0.15, 0.2) is 18.2 Å². The molecule has 1 fully saturated rings. The molecule has 1 aliphatic rings. The predicted molar refractivity (Wildman–Crippen MR) is 71.5 cm³/mol. The first-order valence-electron chi connectivity index (χ1n) is 6.49. The molecule has 1 unspecified atom stereocenters. The minimum atomic E-state index is -0.762. The summed E-state index contributed by atoms with van der Waals surface area (Å²) >= 11 is 0. The van der Waals surface area contributed by atoms with Gasteiger partial charge in [0.15, 0.2) is 0 Å². The maximum atomic E-state index is 11.6. The first-order chi connectivity index (χ1) is 8.49. The van der Waals surface area contributed by atoms with Crippen molar-refractivity contribution in [1.29, 1.82) is 0 Å². The normalized spacial score (nSPS) is 18.4. The molecular weight excluding hydrogens is 226 g/mol. The number of carboxylic acid groups (broad SMARTS) is 1. The molecule has 1 saturated carbocycles. The molecule has 1 aromatic rings. The molecule has 18 heavy (non-hydrogen) atoms. The van der Waals surface area contributed by atoms with Gasteiger partial charge in [-0.1, -0.05) is 18.2 Å². The van der Waals surface area contributed by atoms with Gasteiger partial charge in [0.2, 0.25) is 0 Å². The summed E-state index contributed by atoms with van der Waals surface area (Å²) in [7, 11) is 0. The van der Waals surface area contributed by atoms with Gasteiger partial charge in [-0.3, -0.25) is 4.79 Å². The first kappa shape index (κ1) is 13.1. The van der Waals surface area contributed by atoms with Gasteiger partial charge >= 0.3 is 5.97 Å². The van der Waals surface area contributed by atoms with Crippen molar-refractivity contribution in [3.05, 3.63) is 34.9 Å². The number of hydrogen-bond donors (Lipinski definition) is 2. The van der Waals surface area contributed by atoms with E-state index < -0.39 is 11.4 Å². The number of benzene rings is 1. The van der Waals surface area contributed by atoms with Crippen LogP contribution in [0, 0.1) is 25.2 Å². The van der Waals surface area contributed by atoms with Gasteiger partial charge in [0, 0.05) is 6.54 Å². The zero-order chi connectivity index (χ0) is 13.3. The smallest absolute Gasteiger partial charge is 0.311 e. The number of nitrogens with two attached hydrogens (primary N) is 1. The van der Waals surface area contributed by atoms with E-state index in [1.54, 1.807) is 0 Å². The van der Waals surface area contributed by atoms with E-state index in [2.05, 4.69) is 26.0 Å². The standard InChI is InChI=1S/C15H21NO2/c1-10-3-4-12(7-11(10)2)8-15(9-16,14(17)18)13-5-6-13/h3-4,7,13H,5-6,8-9,16H2,1-2H3,(H,17,18). The number of carboxylic acids is 1. The van der Waals surface area contributed by atoms with E-state index >= 15 is 0 Å². The summed E-state index contributed by atoms with van der Waals surface area (Å²) in [4.78, 5) is 11.6. The van der Waals surface area contributed by atoms with Gasteiger partial charge in [0.1, 0.15) is 0 Å². The molecule has 0 aromatic heterocycles. The van der Waals surface area contributed by atoms with E-state index in [4.69, 9.17) is 5.73 Å². The molecule has 3 N–H and O–H groups in total. The Morgan fingerprint density at radius 2 is 2.06 bits per heavy atom. The third kappa shape index (κ3) is 2.27. The highest BCUT2D eigenvalue weighted by atomic mass is 16.4. The van der Waals surface area contributed by atoms with Gasteiger partial charge < -0.3 is 10.8 Å². The zero-order valence-corrected chi connectivity index (χ0v) is 11.1. The van der Waals surface area contributed by atoms with Crippen molar-refractivity contribution < 1.29 is 9.90 Å². The molecule has 0 saturated heterocycles. The number of carbonyl (C=O) groups is 1. The summed E-state index contributed by atoms with van der Waals surface area (Å²) in [6, 6.07) is 6.17. The van der Waals surface area contributed by atoms with Gasteiger partial charge in [-0.2, -0.15) is 0 Å². The second kappa shape index (κ2) is 4.73. The maximum absolute atomic E-state index is 11.6. The lowest BCUT2D eigenvalue weighted by atomic mass is 9.77. The summed E-state index contributed by atoms with van der Waals surface area (Å²) in [5.74, 6) is -0.493. The lowest BCUT2D eigenvalue weighted by molar-refractivity contribution is -0.149. The molecule has 1 atom stereocenters. The molecule has 1 aliphatic carbocycles. The predicted octanol–water partition coefficient (Wildman–Crippen LogP) is 2.29. The second-order valence-corrected chi connectivity index (χ2v) is 5.54. The Hall–Kier alpha value is -1.35. The van der Waals surface area contributed by atoms with Crippen LogP contribution >= 0.6 is 0 Å². The highest BCUT2D eigenvalue weighted by Gasteiger charge is 2.50. The quantitative estimate of drug-likeness (QED) is 0.839. The molecule has 1 aromatic carbocycles. The van der Waals surface area contributed by atoms with Crippen molar-refractivity contribution >= 4 is 5.97 Å². The van der Waals surface area contributed by atoms with E-state index in [9.17, 15) is 9.90 Å². The van der Waals surface area contributed by atoms with Gasteiger partial charge in [-0.15, -0.1) is 0 Å². The highest BCUT2D eigenvalue weighted by Crippen LogP contribution is 2.47. The molecular formula is C15H21NO2. The van der Waals surface area contributed by atoms with Crippen molar-refractivity contribution in [1.82, 2.24) is 0 Å². The van der Waals surface area contributed by atoms with Crippen LogP contribution < -0.4 is 5.73 Å². The second-order valence-electron chi connectivity index (χ2n) is 5.54. The monoisotopic (exact) mass is 247 g/mol. The topological polar surface area (TPSA) is 63.3 Å². The van der Waals surface area contributed by atoms with Crippen LogP contribution in [0.2, 0.25) is 0 Å². The SMILES string of the molecule is Cc1ccc(CC(CN)(C(=O)O)C2CC2)cc1C. The number of rotatable bonds is 5. The molecule has 3 nitrogen and oxygen atoms in total. The van der Waals surface area contributed by atoms with Crippen LogP contribution in [0.3, 0.4) is 0 Å². The largest absolute Gasteiger partial charge is 0.481 e. The van der Waals surface area contributed by atoms with Crippen molar-refractivity contribution in [3.8, 4) is 0 Å². The molecule has 3 heteroatoms. The van der Waals surface area contributed by atoms with E-state index in [0.717, 1.165) is 18.4 Å². The maximum Gasteiger partial charge on any atom is 0.311 e. The van der Waals surface area contributed by atoms with Crippen LogP contribution in [0.25, 0.3) is 0 Å². The van der Waals surface area contributed by atoms with E-state index in [1.807, 2.05) is 6.07 Å². The molecule has 0 amide bonds. The highest BCUT2D eigenvalue weighted by molar-refractivity contribution is 5.76. The Labute approximate surface area is 108 Å². The Morgan fingerprint density at radius 1 is 1.39 bits per heavy atom. The van der Waals surface area contributed by atoms with Gasteiger partial charge in [0.05, 0.1) is 5.41 Å². The molecule has 0 radical (unpaired) electrons. The van der Waals surface area contributed by atoms with E-state index in [0.29, 0.717) is 6.42 Å². The van der Waals surface area contributed by atoms with Gasteiger partial charge in [-0.05, 0) is 55.7 Å². The van der Waals surface area contributed by atoms with Gasteiger partial charge in [-0.25, -0.2) is 0 Å². The Morgan fingerprint density at radius 3 is 2.50 bits per heavy atom. The lowest BCUT2D eigenvalue weighted by Crippen LogP contribution is -2.42. The summed E-state index contributed by atoms with van der Waals surface area (Å²) in [6.45, 7) is 4.34. The van der Waals surface area contributed by atoms with Crippen LogP contribution in [-0.2, 0) is 11.2 Å². The van der Waals surface area contributed by atoms with Gasteiger partial charge in [0.25, 0.3) is 0 Å². The van der Waals surface area contributed by atoms with Crippen molar-refractivity contribution in [2.24, 2.45) is 17.1 Å². The van der Waals surface area contributed by atoms with Crippen molar-refractivity contribution in [2.75, 3.05) is 6.54 Å². The Kier molecular flexibility index (Phi) is 3.44. The van der Waals surface area contributed by atoms with Crippen LogP contribution in [-0.4, -0.2) is 17.6 Å². The average Bonchev–Trinajstić information content (AvgIpc) is 3.14. The molecule has 0 heterocycles. The fraction of sp³-hybridized carbons (Fsp3) is 0.533. The fourth-order valence-corrected chi connectivity index (χ4v) is 2.63. The summed E-state index contributed by atoms with van der Waals surface area (Å²) in [6.07, 6.45) is 2.54. The van der Waals surface area contributed by atoms with Crippen LogP contribution in [0.1, 0.15) is 29.5 Å². The molecule has 98 valence electrons. The van der Waals surface area contributed by atoms with Crippen molar-refractivity contribution in [2.45, 2.75) is 33.1 Å². The summed E-state index contributed by atoms with van der Waals surface area (Å²) < 4.78 is 0. The summed E-state index contributed by atoms with van der Waals surface area (Å²) in [5.41, 5.74) is 8.55.